The molecule has 0 aliphatic heterocycles. The normalized spacial score (nSPS) is 11.1. The van der Waals surface area contributed by atoms with E-state index in [1.807, 2.05) is 19.1 Å². The van der Waals surface area contributed by atoms with Crippen LogP contribution in [0.15, 0.2) is 71.6 Å². The fraction of sp³-hybridized carbons (Fsp3) is 0.0500. The van der Waals surface area contributed by atoms with Gasteiger partial charge in [-0.3, -0.25) is 9.52 Å². The molecule has 3 aromatic carbocycles. The van der Waals surface area contributed by atoms with Crippen LogP contribution in [0.2, 0.25) is 5.02 Å². The van der Waals surface area contributed by atoms with Crippen LogP contribution in [0.5, 0.6) is 0 Å². The largest absolute Gasteiger partial charge is 0.322 e. The maximum Gasteiger partial charge on any atom is 0.261 e. The monoisotopic (exact) mass is 418 g/mol. The van der Waals surface area contributed by atoms with E-state index in [0.717, 1.165) is 23.8 Å². The van der Waals surface area contributed by atoms with Gasteiger partial charge in [-0.05, 0) is 61.5 Å². The van der Waals surface area contributed by atoms with Crippen molar-refractivity contribution in [3.8, 4) is 0 Å². The molecule has 0 aliphatic rings. The summed E-state index contributed by atoms with van der Waals surface area (Å²) in [5.41, 5.74) is 2.37. The summed E-state index contributed by atoms with van der Waals surface area (Å²) in [6.07, 6.45) is 0. The quantitative estimate of drug-likeness (QED) is 0.622. The number of benzene rings is 3. The lowest BCUT2D eigenvalue weighted by atomic mass is 10.2. The minimum absolute atomic E-state index is 0.167. The zero-order valence-corrected chi connectivity index (χ0v) is 16.3. The zero-order valence-electron chi connectivity index (χ0n) is 14.7. The fourth-order valence-corrected chi connectivity index (χ4v) is 3.72. The van der Waals surface area contributed by atoms with Gasteiger partial charge in [0, 0.05) is 16.9 Å². The Balaban J connectivity index is 1.72. The Bertz CT molecular complexity index is 1120. The first-order chi connectivity index (χ1) is 13.2. The van der Waals surface area contributed by atoms with Gasteiger partial charge in [0.05, 0.1) is 9.92 Å². The van der Waals surface area contributed by atoms with E-state index in [4.69, 9.17) is 11.6 Å². The van der Waals surface area contributed by atoms with Crippen molar-refractivity contribution in [3.63, 3.8) is 0 Å². The van der Waals surface area contributed by atoms with E-state index in [1.54, 1.807) is 12.1 Å². The molecular formula is C20H16ClFN2O3S. The number of nitrogens with one attached hydrogen (secondary N) is 2. The lowest BCUT2D eigenvalue weighted by Gasteiger charge is -2.10. The van der Waals surface area contributed by atoms with Gasteiger partial charge in [-0.15, -0.1) is 0 Å². The number of aryl methyl sites for hydroxylation is 1. The minimum atomic E-state index is -3.94. The number of amides is 1. The molecule has 28 heavy (non-hydrogen) atoms. The van der Waals surface area contributed by atoms with Crippen LogP contribution in [0.25, 0.3) is 0 Å². The zero-order chi connectivity index (χ0) is 20.3. The molecule has 3 rings (SSSR count). The molecule has 8 heteroatoms. The summed E-state index contributed by atoms with van der Waals surface area (Å²) in [6, 6.07) is 16.4. The molecule has 5 nitrogen and oxygen atoms in total. The summed E-state index contributed by atoms with van der Waals surface area (Å²) in [7, 11) is -3.94. The summed E-state index contributed by atoms with van der Waals surface area (Å²) >= 11 is 5.64. The molecule has 0 spiro atoms. The van der Waals surface area contributed by atoms with Crippen LogP contribution in [0.3, 0.4) is 0 Å². The van der Waals surface area contributed by atoms with Crippen molar-refractivity contribution < 1.29 is 17.6 Å². The predicted octanol–water partition coefficient (Wildman–Crippen LogP) is 4.84. The third kappa shape index (κ3) is 4.68. The molecule has 1 amide bonds. The van der Waals surface area contributed by atoms with Crippen LogP contribution < -0.4 is 10.0 Å². The average Bonchev–Trinajstić information content (AvgIpc) is 2.66. The number of hydrogen-bond acceptors (Lipinski definition) is 3. The molecule has 2 N–H and O–H groups in total. The lowest BCUT2D eigenvalue weighted by Crippen LogP contribution is -2.14. The molecule has 0 aliphatic carbocycles. The van der Waals surface area contributed by atoms with E-state index < -0.39 is 15.8 Å². The van der Waals surface area contributed by atoms with Crippen molar-refractivity contribution in [2.45, 2.75) is 11.8 Å². The molecule has 0 radical (unpaired) electrons. The van der Waals surface area contributed by atoms with E-state index in [9.17, 15) is 17.6 Å². The summed E-state index contributed by atoms with van der Waals surface area (Å²) in [6.45, 7) is 1.95. The SMILES string of the molecule is Cc1ccc(NC(=O)c2ccc(NS(=O)(=O)c3ccc(F)c(Cl)c3)cc2)cc1. The molecule has 0 unspecified atom stereocenters. The number of carbonyl (C=O) groups is 1. The predicted molar refractivity (Wildman–Crippen MR) is 108 cm³/mol. The molecule has 0 fully saturated rings. The van der Waals surface area contributed by atoms with Crippen molar-refractivity contribution in [1.29, 1.82) is 0 Å². The number of anilines is 2. The Kier molecular flexibility index (Phi) is 5.67. The second-order valence-electron chi connectivity index (χ2n) is 6.08. The summed E-state index contributed by atoms with van der Waals surface area (Å²) in [5, 5.41) is 2.48. The smallest absolute Gasteiger partial charge is 0.261 e. The molecule has 0 aromatic heterocycles. The summed E-state index contributed by atoms with van der Waals surface area (Å²) < 4.78 is 40.3. The topological polar surface area (TPSA) is 75.3 Å². The Morgan fingerprint density at radius 1 is 0.929 bits per heavy atom. The first-order valence-electron chi connectivity index (χ1n) is 8.20. The highest BCUT2D eigenvalue weighted by Crippen LogP contribution is 2.22. The van der Waals surface area contributed by atoms with E-state index in [2.05, 4.69) is 10.0 Å². The average molecular weight is 419 g/mol. The molecule has 144 valence electrons. The van der Waals surface area contributed by atoms with Gasteiger partial charge in [0.25, 0.3) is 15.9 Å². The number of sulfonamides is 1. The molecule has 3 aromatic rings. The highest BCUT2D eigenvalue weighted by atomic mass is 35.5. The van der Waals surface area contributed by atoms with Crippen LogP contribution in [-0.2, 0) is 10.0 Å². The van der Waals surface area contributed by atoms with Gasteiger partial charge in [0.2, 0.25) is 0 Å². The van der Waals surface area contributed by atoms with Gasteiger partial charge in [-0.2, -0.15) is 0 Å². The van der Waals surface area contributed by atoms with Crippen molar-refractivity contribution in [2.24, 2.45) is 0 Å². The van der Waals surface area contributed by atoms with Crippen molar-refractivity contribution in [3.05, 3.63) is 88.7 Å². The first-order valence-corrected chi connectivity index (χ1v) is 10.1. The maximum absolute atomic E-state index is 13.2. The van der Waals surface area contributed by atoms with Gasteiger partial charge in [0.1, 0.15) is 5.82 Å². The maximum atomic E-state index is 13.2. The standard InChI is InChI=1S/C20H16ClFN2O3S/c1-13-2-6-15(7-3-13)23-20(25)14-4-8-16(9-5-14)24-28(26,27)17-10-11-19(22)18(21)12-17/h2-12,24H,1H3,(H,23,25). The molecule has 0 saturated carbocycles. The Hall–Kier alpha value is -2.90. The van der Waals surface area contributed by atoms with Gasteiger partial charge in [-0.1, -0.05) is 29.3 Å². The summed E-state index contributed by atoms with van der Waals surface area (Å²) in [4.78, 5) is 12.1. The first kappa shape index (κ1) is 19.9. The second kappa shape index (κ2) is 8.00. The van der Waals surface area contributed by atoms with Crippen molar-refractivity contribution in [2.75, 3.05) is 10.0 Å². The molecule has 0 bridgehead atoms. The van der Waals surface area contributed by atoms with Crippen LogP contribution in [0.1, 0.15) is 15.9 Å². The van der Waals surface area contributed by atoms with Gasteiger partial charge in [-0.25, -0.2) is 12.8 Å². The third-order valence-electron chi connectivity index (χ3n) is 3.91. The van der Waals surface area contributed by atoms with Gasteiger partial charge >= 0.3 is 0 Å². The molecule has 0 saturated heterocycles. The van der Waals surface area contributed by atoms with Crippen LogP contribution in [0.4, 0.5) is 15.8 Å². The molecule has 0 heterocycles. The Labute approximate surface area is 167 Å². The molecular weight excluding hydrogens is 403 g/mol. The Morgan fingerprint density at radius 3 is 2.14 bits per heavy atom. The summed E-state index contributed by atoms with van der Waals surface area (Å²) in [5.74, 6) is -1.02. The van der Waals surface area contributed by atoms with E-state index in [0.29, 0.717) is 11.3 Å². The fourth-order valence-electron chi connectivity index (χ4n) is 2.39. The highest BCUT2D eigenvalue weighted by Gasteiger charge is 2.16. The third-order valence-corrected chi connectivity index (χ3v) is 5.58. The Morgan fingerprint density at radius 2 is 1.54 bits per heavy atom. The van der Waals surface area contributed by atoms with E-state index >= 15 is 0 Å². The van der Waals surface area contributed by atoms with Crippen molar-refractivity contribution >= 4 is 38.9 Å². The lowest BCUT2D eigenvalue weighted by molar-refractivity contribution is 0.102. The minimum Gasteiger partial charge on any atom is -0.322 e. The van der Waals surface area contributed by atoms with Crippen LogP contribution in [-0.4, -0.2) is 14.3 Å². The van der Waals surface area contributed by atoms with Gasteiger partial charge in [0.15, 0.2) is 0 Å². The second-order valence-corrected chi connectivity index (χ2v) is 8.17. The van der Waals surface area contributed by atoms with Gasteiger partial charge < -0.3 is 5.32 Å². The highest BCUT2D eigenvalue weighted by molar-refractivity contribution is 7.92. The number of carbonyl (C=O) groups excluding carboxylic acids is 1. The van der Waals surface area contributed by atoms with E-state index in [1.165, 1.54) is 24.3 Å². The number of hydrogen-bond donors (Lipinski definition) is 2. The molecule has 0 atom stereocenters. The number of rotatable bonds is 5. The van der Waals surface area contributed by atoms with E-state index in [-0.39, 0.29) is 21.5 Å². The van der Waals surface area contributed by atoms with Crippen LogP contribution >= 0.6 is 11.6 Å². The van der Waals surface area contributed by atoms with Crippen LogP contribution in [0, 0.1) is 12.7 Å². The number of halogens is 2. The van der Waals surface area contributed by atoms with Crippen molar-refractivity contribution in [1.82, 2.24) is 0 Å².